The van der Waals surface area contributed by atoms with Crippen molar-refractivity contribution in [2.75, 3.05) is 0 Å². The third-order valence-corrected chi connectivity index (χ3v) is 0. The molecule has 0 aliphatic rings. The third kappa shape index (κ3) is 33200. The van der Waals surface area contributed by atoms with Crippen LogP contribution in [0.1, 0.15) is 0 Å². The topological polar surface area (TPSA) is 283 Å². The Morgan fingerprint density at radius 1 is 0.727 bits per heavy atom. The normalized spacial score (nSPS) is 2.27. The van der Waals surface area contributed by atoms with Crippen LogP contribution >= 0.6 is 0 Å². The molecule has 0 unspecified atom stereocenters. The number of quaternary nitrogens is 1. The maximum absolute atomic E-state index is 8.56. The summed E-state index contributed by atoms with van der Waals surface area (Å²) in [6, 6.07) is 0. The van der Waals surface area contributed by atoms with E-state index in [0.29, 0.717) is 0 Å². The molecule has 0 heterocycles. The van der Waals surface area contributed by atoms with E-state index in [1.807, 2.05) is 0 Å². The van der Waals surface area contributed by atoms with E-state index in [1.165, 1.54) is 0 Å². The van der Waals surface area contributed by atoms with Crippen LogP contribution in [-0.2, 0) is 22.7 Å². The van der Waals surface area contributed by atoms with E-state index in [-0.39, 0.29) is 39.0 Å². The first-order chi connectivity index (χ1) is 1.73. The Labute approximate surface area is 66.6 Å². The second-order valence-corrected chi connectivity index (χ2v) is 0.922. The molecule has 11 heteroatoms. The van der Waals surface area contributed by atoms with Crippen LogP contribution in [-0.4, -0.2) is 32.9 Å². The van der Waals surface area contributed by atoms with Crippen LogP contribution < -0.4 is 10.2 Å². The first-order valence-electron chi connectivity index (χ1n) is 0.548. The van der Waals surface area contributed by atoms with Gasteiger partial charge in [0.1, 0.15) is 0 Å². The molecule has 0 amide bonds. The molecule has 0 aromatic carbocycles. The number of hydrogen-bond donors (Lipinski definition) is 1. The average molecular weight is 225 g/mol. The van der Waals surface area contributed by atoms with E-state index in [4.69, 9.17) is 11.4 Å². The molecule has 0 radical (unpaired) electrons. The van der Waals surface area contributed by atoms with Gasteiger partial charge < -0.3 is 39.0 Å². The zero-order valence-corrected chi connectivity index (χ0v) is 7.07. The fourth-order valence-corrected chi connectivity index (χ4v) is 0. The minimum absolute atomic E-state index is 0. The van der Waals surface area contributed by atoms with E-state index in [1.54, 1.807) is 0 Å². The van der Waals surface area contributed by atoms with Gasteiger partial charge in [-0.3, -0.25) is 0 Å². The van der Waals surface area contributed by atoms with Crippen molar-refractivity contribution < 1.29 is 59.6 Å². The molecule has 0 fully saturated rings. The predicted octanol–water partition coefficient (Wildman–Crippen LogP) is -6.00. The molecule has 0 aliphatic heterocycles. The van der Waals surface area contributed by atoms with Gasteiger partial charge in [0.25, 0.3) is 0 Å². The Morgan fingerprint density at radius 2 is 0.727 bits per heavy atom. The van der Waals surface area contributed by atoms with E-state index >= 15 is 0 Å². The number of hydrogen-bond acceptors (Lipinski definition) is 3. The molecule has 0 saturated carbocycles. The van der Waals surface area contributed by atoms with Crippen molar-refractivity contribution in [3.8, 4) is 0 Å². The molecule has 0 saturated heterocycles. The summed E-state index contributed by atoms with van der Waals surface area (Å²) < 4.78 is 25.7. The summed E-state index contributed by atoms with van der Waals surface area (Å²) in [5.41, 5.74) is 0. The summed E-state index contributed by atoms with van der Waals surface area (Å²) in [6.07, 6.45) is 0. The quantitative estimate of drug-likeness (QED) is 0.420. The molecular formula is H16NO9V. The predicted molar refractivity (Wildman–Crippen MR) is 29.0 cm³/mol. The molecular weight excluding hydrogens is 209 g/mol. The Morgan fingerprint density at radius 3 is 0.727 bits per heavy atom. The summed E-state index contributed by atoms with van der Waals surface area (Å²) in [4.78, 5) is 0. The fourth-order valence-electron chi connectivity index (χ4n) is 0. The van der Waals surface area contributed by atoms with Crippen LogP contribution in [0, 0.1) is 0 Å². The van der Waals surface area contributed by atoms with E-state index in [2.05, 4.69) is 0 Å². The van der Waals surface area contributed by atoms with Gasteiger partial charge in [-0.15, -0.1) is 0 Å². The zero-order valence-electron chi connectivity index (χ0n) is 5.67. The molecule has 0 aliphatic carbocycles. The van der Waals surface area contributed by atoms with Crippen LogP contribution in [0.25, 0.3) is 0 Å². The van der Waals surface area contributed by atoms with Crippen molar-refractivity contribution in [3.05, 3.63) is 0 Å². The summed E-state index contributed by atoms with van der Waals surface area (Å²) >= 11 is -3.94. The standard InChI is InChI=1S/H3N.6H2O.3O.V/h1H3;6*1H2;;;;/q;;;;;;;;;-1;/p+1. The maximum atomic E-state index is 8.56. The van der Waals surface area contributed by atoms with E-state index in [9.17, 15) is 0 Å². The van der Waals surface area contributed by atoms with Crippen molar-refractivity contribution in [2.24, 2.45) is 0 Å². The SMILES string of the molecule is O.O.O.O.O.O.[NH4+].[O]=[V](=[O])[O-]. The average Bonchev–Trinajstić information content (AvgIpc) is 0.811. The van der Waals surface area contributed by atoms with Crippen molar-refractivity contribution >= 4 is 0 Å². The molecule has 0 aromatic heterocycles. The van der Waals surface area contributed by atoms with Crippen molar-refractivity contribution in [2.45, 2.75) is 0 Å². The van der Waals surface area contributed by atoms with Crippen molar-refractivity contribution in [1.82, 2.24) is 6.15 Å². The monoisotopic (exact) mass is 225 g/mol. The van der Waals surface area contributed by atoms with Gasteiger partial charge in [-0.1, -0.05) is 0 Å². The van der Waals surface area contributed by atoms with Gasteiger partial charge in [0.15, 0.2) is 0 Å². The Hall–Kier alpha value is -0.136. The first-order valence-corrected chi connectivity index (χ1v) is 2.26. The number of rotatable bonds is 0. The zero-order chi connectivity index (χ0) is 3.58. The molecule has 80 valence electrons. The van der Waals surface area contributed by atoms with Gasteiger partial charge in [0.05, 0.1) is 0 Å². The van der Waals surface area contributed by atoms with Crippen LogP contribution in [0.5, 0.6) is 0 Å². The Bertz CT molecular complexity index is 58.0. The van der Waals surface area contributed by atoms with E-state index in [0.717, 1.165) is 0 Å². The molecule has 11 heavy (non-hydrogen) atoms. The van der Waals surface area contributed by atoms with Crippen molar-refractivity contribution in [3.63, 3.8) is 0 Å². The minimum atomic E-state index is -3.94. The molecule has 0 spiro atoms. The van der Waals surface area contributed by atoms with Gasteiger partial charge in [0.2, 0.25) is 0 Å². The summed E-state index contributed by atoms with van der Waals surface area (Å²) in [5.74, 6) is 0. The van der Waals surface area contributed by atoms with Crippen molar-refractivity contribution in [1.29, 1.82) is 0 Å². The van der Waals surface area contributed by atoms with Crippen LogP contribution in [0.4, 0.5) is 0 Å². The van der Waals surface area contributed by atoms with Gasteiger partial charge in [-0.05, 0) is 0 Å². The third-order valence-electron chi connectivity index (χ3n) is 0. The molecule has 0 bridgehead atoms. The fraction of sp³-hybridized carbons (Fsp3) is 0. The molecule has 0 rings (SSSR count). The van der Waals surface area contributed by atoms with Crippen LogP contribution in [0.15, 0.2) is 0 Å². The molecule has 0 aromatic rings. The molecule has 10 nitrogen and oxygen atoms in total. The van der Waals surface area contributed by atoms with Crippen LogP contribution in [0.2, 0.25) is 0 Å². The molecule has 16 N–H and O–H groups in total. The second-order valence-electron chi connectivity index (χ2n) is 0.224. The summed E-state index contributed by atoms with van der Waals surface area (Å²) in [7, 11) is 0. The second kappa shape index (κ2) is 94.5. The summed E-state index contributed by atoms with van der Waals surface area (Å²) in [6.45, 7) is 0. The Balaban J connectivity index is -0.00000000214. The van der Waals surface area contributed by atoms with Gasteiger partial charge in [-0.25, -0.2) is 0 Å². The van der Waals surface area contributed by atoms with E-state index < -0.39 is 15.4 Å². The van der Waals surface area contributed by atoms with Gasteiger partial charge in [-0.2, -0.15) is 0 Å². The first kappa shape index (κ1) is 129. The Kier molecular flexibility index (Phi) is 1110. The molecule has 0 atom stereocenters. The van der Waals surface area contributed by atoms with Gasteiger partial charge in [0, 0.05) is 0 Å². The van der Waals surface area contributed by atoms with Gasteiger partial charge >= 0.3 is 26.8 Å². The van der Waals surface area contributed by atoms with Crippen LogP contribution in [0.3, 0.4) is 0 Å². The summed E-state index contributed by atoms with van der Waals surface area (Å²) in [5, 5.41) is 0.